The quantitative estimate of drug-likeness (QED) is 0.642. The van der Waals surface area contributed by atoms with Gasteiger partial charge in [0.25, 0.3) is 5.91 Å². The first-order valence-electron chi connectivity index (χ1n) is 7.51. The largest absolute Gasteiger partial charge is 0.504 e. The van der Waals surface area contributed by atoms with Crippen LogP contribution in [0.1, 0.15) is 32.0 Å². The first kappa shape index (κ1) is 18.5. The van der Waals surface area contributed by atoms with Crippen LogP contribution in [0.4, 0.5) is 5.13 Å². The van der Waals surface area contributed by atoms with Gasteiger partial charge < -0.3 is 9.84 Å². The van der Waals surface area contributed by atoms with E-state index >= 15 is 0 Å². The molecule has 130 valence electrons. The first-order valence-corrected chi connectivity index (χ1v) is 8.39. The molecule has 0 aliphatic rings. The summed E-state index contributed by atoms with van der Waals surface area (Å²) < 4.78 is 5.11. The van der Waals surface area contributed by atoms with E-state index in [-0.39, 0.29) is 22.5 Å². The number of phenolic OH excluding ortho intramolecular Hbond substituents is 1. The molecule has 2 aromatic rings. The van der Waals surface area contributed by atoms with Crippen molar-refractivity contribution in [3.63, 3.8) is 0 Å². The molecule has 25 heavy (non-hydrogen) atoms. The van der Waals surface area contributed by atoms with E-state index in [1.807, 2.05) is 32.2 Å². The fraction of sp³-hybridized carbons (Fsp3) is 0.278. The summed E-state index contributed by atoms with van der Waals surface area (Å²) in [4.78, 5) is 16.7. The van der Waals surface area contributed by atoms with Crippen LogP contribution in [0.2, 0.25) is 0 Å². The fourth-order valence-electron chi connectivity index (χ4n) is 2.02. The number of amides is 1. The van der Waals surface area contributed by atoms with Gasteiger partial charge >= 0.3 is 0 Å². The number of nitriles is 1. The van der Waals surface area contributed by atoms with Gasteiger partial charge in [0.05, 0.1) is 12.8 Å². The Kier molecular flexibility index (Phi) is 5.45. The highest BCUT2D eigenvalue weighted by molar-refractivity contribution is 7.14. The number of carbonyl (C=O) groups excluding carboxylic acids is 1. The summed E-state index contributed by atoms with van der Waals surface area (Å²) in [7, 11) is 1.40. The number of aromatic nitrogens is 1. The monoisotopic (exact) mass is 357 g/mol. The Bertz CT molecular complexity index is 857. The van der Waals surface area contributed by atoms with E-state index in [1.54, 1.807) is 12.1 Å². The fourth-order valence-corrected chi connectivity index (χ4v) is 2.95. The number of para-hydroxylation sites is 1. The lowest BCUT2D eigenvalue weighted by Crippen LogP contribution is -2.15. The molecule has 0 saturated carbocycles. The molecule has 0 saturated heterocycles. The van der Waals surface area contributed by atoms with Gasteiger partial charge in [-0.2, -0.15) is 5.26 Å². The number of rotatable bonds is 4. The summed E-state index contributed by atoms with van der Waals surface area (Å²) >= 11 is 1.30. The van der Waals surface area contributed by atoms with Gasteiger partial charge in [-0.3, -0.25) is 10.1 Å². The highest BCUT2D eigenvalue weighted by atomic mass is 32.1. The molecule has 0 atom stereocenters. The smallest absolute Gasteiger partial charge is 0.268 e. The molecule has 6 nitrogen and oxygen atoms in total. The van der Waals surface area contributed by atoms with E-state index in [1.165, 1.54) is 30.6 Å². The van der Waals surface area contributed by atoms with E-state index in [4.69, 9.17) is 4.74 Å². The molecule has 0 bridgehead atoms. The molecule has 0 unspecified atom stereocenters. The summed E-state index contributed by atoms with van der Waals surface area (Å²) in [6.07, 6.45) is 1.37. The predicted octanol–water partition coefficient (Wildman–Crippen LogP) is 3.70. The Hall–Kier alpha value is -2.85. The van der Waals surface area contributed by atoms with Crippen LogP contribution in [0, 0.1) is 11.3 Å². The Labute approximate surface area is 150 Å². The molecule has 0 spiro atoms. The summed E-state index contributed by atoms with van der Waals surface area (Å²) in [5.41, 5.74) is 1.06. The normalized spacial score (nSPS) is 11.7. The number of hydrogen-bond acceptors (Lipinski definition) is 6. The second-order valence-corrected chi connectivity index (χ2v) is 7.17. The minimum absolute atomic E-state index is 0.0660. The van der Waals surface area contributed by atoms with Crippen LogP contribution in [0.15, 0.2) is 29.2 Å². The SMILES string of the molecule is COc1c(O)cccc1/C=C(/C#N)C(=O)Nc1nc(C(C)(C)C)cs1. The molecule has 7 heteroatoms. The molecule has 2 N–H and O–H groups in total. The van der Waals surface area contributed by atoms with Crippen molar-refractivity contribution in [3.05, 3.63) is 40.4 Å². The molecular formula is C18H19N3O3S. The first-order chi connectivity index (χ1) is 11.8. The maximum Gasteiger partial charge on any atom is 0.268 e. The molecule has 2 rings (SSSR count). The number of carbonyl (C=O) groups is 1. The molecule has 0 radical (unpaired) electrons. The number of thiazole rings is 1. The summed E-state index contributed by atoms with van der Waals surface area (Å²) in [5.74, 6) is -0.432. The minimum Gasteiger partial charge on any atom is -0.504 e. The van der Waals surface area contributed by atoms with Crippen LogP contribution in [0.5, 0.6) is 11.5 Å². The number of anilines is 1. The standard InChI is InChI=1S/C18H19N3O3S/c1-18(2,3)14-10-25-17(20-14)21-16(23)12(9-19)8-11-6-5-7-13(22)15(11)24-4/h5-8,10,22H,1-4H3,(H,20,21,23)/b12-8-. The van der Waals surface area contributed by atoms with Crippen LogP contribution in [0.25, 0.3) is 6.08 Å². The zero-order chi connectivity index (χ0) is 18.6. The Morgan fingerprint density at radius 3 is 2.72 bits per heavy atom. The number of aromatic hydroxyl groups is 1. The van der Waals surface area contributed by atoms with Crippen molar-refractivity contribution in [2.24, 2.45) is 0 Å². The number of ether oxygens (including phenoxy) is 1. The van der Waals surface area contributed by atoms with Gasteiger partial charge in [-0.05, 0) is 12.1 Å². The van der Waals surface area contributed by atoms with Crippen molar-refractivity contribution < 1.29 is 14.6 Å². The highest BCUT2D eigenvalue weighted by Crippen LogP contribution is 2.31. The third-order valence-electron chi connectivity index (χ3n) is 3.39. The average Bonchev–Trinajstić information content (AvgIpc) is 3.01. The average molecular weight is 357 g/mol. The lowest BCUT2D eigenvalue weighted by molar-refractivity contribution is -0.112. The Morgan fingerprint density at radius 2 is 2.16 bits per heavy atom. The zero-order valence-electron chi connectivity index (χ0n) is 14.5. The van der Waals surface area contributed by atoms with Crippen LogP contribution in [0.3, 0.4) is 0 Å². The summed E-state index contributed by atoms with van der Waals surface area (Å²) in [6, 6.07) is 6.58. The highest BCUT2D eigenvalue weighted by Gasteiger charge is 2.19. The van der Waals surface area contributed by atoms with Gasteiger partial charge in [-0.25, -0.2) is 4.98 Å². The number of phenols is 1. The molecule has 0 aliphatic heterocycles. The van der Waals surface area contributed by atoms with Crippen LogP contribution in [-0.2, 0) is 10.2 Å². The van der Waals surface area contributed by atoms with Crippen molar-refractivity contribution >= 4 is 28.5 Å². The van der Waals surface area contributed by atoms with Crippen molar-refractivity contribution in [1.29, 1.82) is 5.26 Å². The van der Waals surface area contributed by atoms with Crippen LogP contribution < -0.4 is 10.1 Å². The molecule has 1 aromatic carbocycles. The summed E-state index contributed by atoms with van der Waals surface area (Å²) in [6.45, 7) is 6.09. The second kappa shape index (κ2) is 7.36. The number of nitrogens with one attached hydrogen (secondary N) is 1. The number of hydrogen-bond donors (Lipinski definition) is 2. The van der Waals surface area contributed by atoms with Crippen LogP contribution in [-0.4, -0.2) is 23.1 Å². The maximum absolute atomic E-state index is 12.4. The molecular weight excluding hydrogens is 338 g/mol. The topological polar surface area (TPSA) is 95.2 Å². The van der Waals surface area contributed by atoms with E-state index in [9.17, 15) is 15.2 Å². The van der Waals surface area contributed by atoms with E-state index in [0.29, 0.717) is 10.7 Å². The van der Waals surface area contributed by atoms with Crippen LogP contribution >= 0.6 is 11.3 Å². The van der Waals surface area contributed by atoms with Crippen molar-refractivity contribution in [3.8, 4) is 17.6 Å². The number of nitrogens with zero attached hydrogens (tertiary/aromatic N) is 2. The second-order valence-electron chi connectivity index (χ2n) is 6.31. The van der Waals surface area contributed by atoms with Crippen molar-refractivity contribution in [2.75, 3.05) is 12.4 Å². The lowest BCUT2D eigenvalue weighted by Gasteiger charge is -2.14. The van der Waals surface area contributed by atoms with Gasteiger partial charge in [-0.1, -0.05) is 32.9 Å². The Morgan fingerprint density at radius 1 is 1.44 bits per heavy atom. The van der Waals surface area contributed by atoms with E-state index < -0.39 is 5.91 Å². The Balaban J connectivity index is 2.26. The van der Waals surface area contributed by atoms with E-state index in [2.05, 4.69) is 10.3 Å². The zero-order valence-corrected chi connectivity index (χ0v) is 15.3. The number of benzene rings is 1. The minimum atomic E-state index is -0.567. The molecule has 1 aromatic heterocycles. The molecule has 0 aliphatic carbocycles. The van der Waals surface area contributed by atoms with E-state index in [0.717, 1.165) is 5.69 Å². The number of methoxy groups -OCH3 is 1. The summed E-state index contributed by atoms with van der Waals surface area (Å²) in [5, 5.41) is 24.0. The third-order valence-corrected chi connectivity index (χ3v) is 4.14. The lowest BCUT2D eigenvalue weighted by atomic mass is 9.93. The van der Waals surface area contributed by atoms with Gasteiger partial charge in [-0.15, -0.1) is 11.3 Å². The molecule has 0 fully saturated rings. The molecule has 1 amide bonds. The van der Waals surface area contributed by atoms with Crippen molar-refractivity contribution in [2.45, 2.75) is 26.2 Å². The predicted molar refractivity (Wildman–Crippen MR) is 97.7 cm³/mol. The van der Waals surface area contributed by atoms with Crippen molar-refractivity contribution in [1.82, 2.24) is 4.98 Å². The maximum atomic E-state index is 12.4. The van der Waals surface area contributed by atoms with Gasteiger partial charge in [0, 0.05) is 16.4 Å². The third kappa shape index (κ3) is 4.37. The van der Waals surface area contributed by atoms with Gasteiger partial charge in [0.2, 0.25) is 0 Å². The molecule has 1 heterocycles. The van der Waals surface area contributed by atoms with Gasteiger partial charge in [0.1, 0.15) is 11.6 Å². The van der Waals surface area contributed by atoms with Gasteiger partial charge in [0.15, 0.2) is 16.6 Å².